The van der Waals surface area contributed by atoms with E-state index in [0.29, 0.717) is 33.8 Å². The molecule has 0 saturated carbocycles. The highest BCUT2D eigenvalue weighted by molar-refractivity contribution is 7.99. The molecule has 0 atom stereocenters. The number of nitrogens with zero attached hydrogens (tertiary/aromatic N) is 5. The summed E-state index contributed by atoms with van der Waals surface area (Å²) in [5.74, 6) is 2.39. The second-order valence-corrected chi connectivity index (χ2v) is 8.23. The van der Waals surface area contributed by atoms with E-state index in [1.165, 1.54) is 18.0 Å². The molecule has 0 spiro atoms. The SMILES string of the molecule is COc1cncc(C=NNC(=O)CSc2nnc(-c3ccc4c(c3)OCO4)n2-c2ccccc2)c1. The molecule has 1 aliphatic heterocycles. The average molecular weight is 489 g/mol. The van der Waals surface area contributed by atoms with Crippen molar-refractivity contribution in [1.82, 2.24) is 25.2 Å². The average Bonchev–Trinajstić information content (AvgIpc) is 3.54. The number of ether oxygens (including phenoxy) is 3. The minimum atomic E-state index is -0.283. The Morgan fingerprint density at radius 3 is 2.86 bits per heavy atom. The number of amides is 1. The monoisotopic (exact) mass is 488 g/mol. The van der Waals surface area contributed by atoms with Crippen LogP contribution in [0.4, 0.5) is 0 Å². The number of nitrogens with one attached hydrogen (secondary N) is 1. The fourth-order valence-corrected chi connectivity index (χ4v) is 4.10. The van der Waals surface area contributed by atoms with Gasteiger partial charge in [0.1, 0.15) is 5.75 Å². The highest BCUT2D eigenvalue weighted by Crippen LogP contribution is 2.37. The van der Waals surface area contributed by atoms with E-state index < -0.39 is 0 Å². The molecule has 0 aliphatic carbocycles. The third-order valence-electron chi connectivity index (χ3n) is 4.98. The second-order valence-electron chi connectivity index (χ2n) is 7.29. The highest BCUT2D eigenvalue weighted by Gasteiger charge is 2.20. The molecule has 0 fully saturated rings. The summed E-state index contributed by atoms with van der Waals surface area (Å²) in [5.41, 5.74) is 4.91. The van der Waals surface area contributed by atoms with Crippen LogP contribution in [-0.2, 0) is 4.79 Å². The number of rotatable bonds is 8. The van der Waals surface area contributed by atoms with Crippen LogP contribution in [0.15, 0.2) is 77.2 Å². The van der Waals surface area contributed by atoms with Crippen molar-refractivity contribution < 1.29 is 19.0 Å². The Morgan fingerprint density at radius 1 is 1.14 bits per heavy atom. The van der Waals surface area contributed by atoms with Crippen molar-refractivity contribution in [2.24, 2.45) is 5.10 Å². The predicted octanol–water partition coefficient (Wildman–Crippen LogP) is 3.31. The zero-order valence-corrected chi connectivity index (χ0v) is 19.4. The van der Waals surface area contributed by atoms with Crippen molar-refractivity contribution in [3.63, 3.8) is 0 Å². The first-order chi connectivity index (χ1) is 17.2. The first kappa shape index (κ1) is 22.4. The van der Waals surface area contributed by atoms with Crippen LogP contribution in [-0.4, -0.2) is 51.5 Å². The van der Waals surface area contributed by atoms with E-state index in [1.54, 1.807) is 25.6 Å². The van der Waals surface area contributed by atoms with Gasteiger partial charge < -0.3 is 14.2 Å². The van der Waals surface area contributed by atoms with Gasteiger partial charge in [-0.05, 0) is 36.4 Å². The van der Waals surface area contributed by atoms with E-state index in [1.807, 2.05) is 53.1 Å². The summed E-state index contributed by atoms with van der Waals surface area (Å²) in [6.07, 6.45) is 4.71. The van der Waals surface area contributed by atoms with Crippen molar-refractivity contribution in [2.45, 2.75) is 5.16 Å². The minimum Gasteiger partial charge on any atom is -0.495 e. The maximum Gasteiger partial charge on any atom is 0.250 e. The number of thioether (sulfide) groups is 1. The molecule has 35 heavy (non-hydrogen) atoms. The molecular formula is C24H20N6O4S. The molecule has 2 aromatic carbocycles. The summed E-state index contributed by atoms with van der Waals surface area (Å²) >= 11 is 1.26. The van der Waals surface area contributed by atoms with Gasteiger partial charge in [-0.15, -0.1) is 10.2 Å². The van der Waals surface area contributed by atoms with Gasteiger partial charge in [0, 0.05) is 23.0 Å². The van der Waals surface area contributed by atoms with Gasteiger partial charge in [0.2, 0.25) is 6.79 Å². The van der Waals surface area contributed by atoms with Crippen LogP contribution in [0.2, 0.25) is 0 Å². The number of fused-ring (bicyclic) bond motifs is 1. The molecule has 3 heterocycles. The second kappa shape index (κ2) is 10.3. The highest BCUT2D eigenvalue weighted by atomic mass is 32.2. The van der Waals surface area contributed by atoms with Crippen LogP contribution in [0.1, 0.15) is 5.56 Å². The number of pyridine rings is 1. The standard InChI is InChI=1S/C24H20N6O4S/c1-32-19-9-16(11-25-13-19)12-26-27-22(31)14-35-24-29-28-23(30(24)18-5-3-2-4-6-18)17-7-8-20-21(10-17)34-15-33-20/h2-13H,14-15H2,1H3,(H,27,31). The Hall–Kier alpha value is -4.38. The minimum absolute atomic E-state index is 0.0970. The lowest BCUT2D eigenvalue weighted by molar-refractivity contribution is -0.118. The van der Waals surface area contributed by atoms with Crippen LogP contribution in [0.3, 0.4) is 0 Å². The topological polar surface area (TPSA) is 113 Å². The number of carbonyl (C=O) groups excluding carboxylic acids is 1. The predicted molar refractivity (Wildman–Crippen MR) is 130 cm³/mol. The summed E-state index contributed by atoms with van der Waals surface area (Å²) in [6.45, 7) is 0.192. The Bertz CT molecular complexity index is 1380. The molecule has 11 heteroatoms. The van der Waals surface area contributed by atoms with Gasteiger partial charge in [0.15, 0.2) is 22.5 Å². The van der Waals surface area contributed by atoms with Crippen molar-refractivity contribution in [3.8, 4) is 34.3 Å². The van der Waals surface area contributed by atoms with Gasteiger partial charge in [0.25, 0.3) is 5.91 Å². The number of carbonyl (C=O) groups is 1. The molecule has 10 nitrogen and oxygen atoms in total. The van der Waals surface area contributed by atoms with Gasteiger partial charge in [-0.25, -0.2) is 5.43 Å². The zero-order chi connectivity index (χ0) is 24.0. The van der Waals surface area contributed by atoms with E-state index in [4.69, 9.17) is 14.2 Å². The number of methoxy groups -OCH3 is 1. The molecule has 0 unspecified atom stereocenters. The van der Waals surface area contributed by atoms with Crippen LogP contribution in [0.25, 0.3) is 17.1 Å². The molecule has 176 valence electrons. The van der Waals surface area contributed by atoms with E-state index in [0.717, 1.165) is 11.3 Å². The normalized spacial score (nSPS) is 12.1. The summed E-state index contributed by atoms with van der Waals surface area (Å²) < 4.78 is 18.0. The molecule has 5 rings (SSSR count). The zero-order valence-electron chi connectivity index (χ0n) is 18.6. The third kappa shape index (κ3) is 5.09. The number of hydrazone groups is 1. The van der Waals surface area contributed by atoms with Gasteiger partial charge in [-0.1, -0.05) is 30.0 Å². The Kier molecular flexibility index (Phi) is 6.57. The maximum atomic E-state index is 12.4. The van der Waals surface area contributed by atoms with Crippen molar-refractivity contribution >= 4 is 23.9 Å². The largest absolute Gasteiger partial charge is 0.495 e. The Labute approximate surface area is 205 Å². The van der Waals surface area contributed by atoms with Crippen molar-refractivity contribution in [3.05, 3.63) is 72.6 Å². The van der Waals surface area contributed by atoms with E-state index in [-0.39, 0.29) is 18.5 Å². The quantitative estimate of drug-likeness (QED) is 0.228. The van der Waals surface area contributed by atoms with E-state index >= 15 is 0 Å². The number of hydrogen-bond acceptors (Lipinski definition) is 9. The lowest BCUT2D eigenvalue weighted by Gasteiger charge is -2.10. The molecule has 1 N–H and O–H groups in total. The first-order valence-electron chi connectivity index (χ1n) is 10.6. The maximum absolute atomic E-state index is 12.4. The number of hydrogen-bond donors (Lipinski definition) is 1. The molecular weight excluding hydrogens is 468 g/mol. The van der Waals surface area contributed by atoms with E-state index in [2.05, 4.69) is 25.7 Å². The number of para-hydroxylation sites is 1. The fourth-order valence-electron chi connectivity index (χ4n) is 3.35. The van der Waals surface area contributed by atoms with Crippen molar-refractivity contribution in [2.75, 3.05) is 19.7 Å². The Balaban J connectivity index is 1.32. The number of aromatic nitrogens is 4. The lowest BCUT2D eigenvalue weighted by atomic mass is 10.2. The van der Waals surface area contributed by atoms with Gasteiger partial charge >= 0.3 is 0 Å². The van der Waals surface area contributed by atoms with Crippen LogP contribution >= 0.6 is 11.8 Å². The molecule has 1 aliphatic rings. The van der Waals surface area contributed by atoms with Crippen LogP contribution in [0.5, 0.6) is 17.2 Å². The molecule has 0 saturated heterocycles. The first-order valence-corrected chi connectivity index (χ1v) is 11.5. The smallest absolute Gasteiger partial charge is 0.250 e. The third-order valence-corrected chi connectivity index (χ3v) is 5.91. The van der Waals surface area contributed by atoms with Crippen LogP contribution in [0, 0.1) is 0 Å². The van der Waals surface area contributed by atoms with Gasteiger partial charge in [-0.3, -0.25) is 14.3 Å². The molecule has 4 aromatic rings. The molecule has 1 amide bonds. The van der Waals surface area contributed by atoms with Crippen molar-refractivity contribution in [1.29, 1.82) is 0 Å². The lowest BCUT2D eigenvalue weighted by Crippen LogP contribution is -2.20. The summed E-state index contributed by atoms with van der Waals surface area (Å²) in [6, 6.07) is 17.1. The van der Waals surface area contributed by atoms with Gasteiger partial charge in [0.05, 0.1) is 25.3 Å². The van der Waals surface area contributed by atoms with Crippen LogP contribution < -0.4 is 19.6 Å². The number of benzene rings is 2. The molecule has 0 bridgehead atoms. The molecule has 2 aromatic heterocycles. The summed E-state index contributed by atoms with van der Waals surface area (Å²) in [4.78, 5) is 16.5. The summed E-state index contributed by atoms with van der Waals surface area (Å²) in [5, 5.41) is 13.3. The Morgan fingerprint density at radius 2 is 2.00 bits per heavy atom. The molecule has 0 radical (unpaired) electrons. The van der Waals surface area contributed by atoms with E-state index in [9.17, 15) is 4.79 Å². The van der Waals surface area contributed by atoms with Gasteiger partial charge in [-0.2, -0.15) is 5.10 Å². The summed E-state index contributed by atoms with van der Waals surface area (Å²) in [7, 11) is 1.56. The fraction of sp³-hybridized carbons (Fsp3) is 0.125.